The van der Waals surface area contributed by atoms with Crippen molar-refractivity contribution in [2.24, 2.45) is 5.73 Å². The van der Waals surface area contributed by atoms with Crippen LogP contribution >= 0.6 is 0 Å². The molecule has 0 spiro atoms. The summed E-state index contributed by atoms with van der Waals surface area (Å²) in [6.07, 6.45) is -1.12. The third-order valence-corrected chi connectivity index (χ3v) is 5.23. The van der Waals surface area contributed by atoms with E-state index in [2.05, 4.69) is 26.6 Å². The van der Waals surface area contributed by atoms with Gasteiger partial charge in [-0.3, -0.25) is 20.1 Å². The maximum atomic E-state index is 12.3. The van der Waals surface area contributed by atoms with Gasteiger partial charge >= 0.3 is 37.7 Å². The van der Waals surface area contributed by atoms with Crippen molar-refractivity contribution in [3.63, 3.8) is 0 Å². The standard InChI is InChI=1S/C20H25N7O7.Ca.H2O/c21-20-25-16-15(18(32)26-20)27(9-28)12(8-23-16)7-22-11-3-1-10(2-4-11)17(31)24-13(19(33)34)5-6-14(29)30;;/h1-4,9,12-13,20,22-23,25H,5-8,21H2,(H,24,31)(H,26,32)(H,29,30)(H,33,34);;1H2/q;+2;/p-2/t12?,13-,20?;;/m0../s1. The number of nitrogens with one attached hydrogen (secondary N) is 5. The Hall–Kier alpha value is -3.11. The average molecular weight is 532 g/mol. The molecule has 0 radical (unpaired) electrons. The van der Waals surface area contributed by atoms with Crippen molar-refractivity contribution in [2.75, 3.05) is 18.4 Å². The van der Waals surface area contributed by atoms with Crippen molar-refractivity contribution in [1.82, 2.24) is 26.2 Å². The number of rotatable bonds is 10. The van der Waals surface area contributed by atoms with Crippen molar-refractivity contribution in [2.45, 2.75) is 31.2 Å². The number of anilines is 1. The second-order valence-electron chi connectivity index (χ2n) is 7.58. The van der Waals surface area contributed by atoms with Gasteiger partial charge in [-0.05, 0) is 37.1 Å². The van der Waals surface area contributed by atoms with E-state index in [4.69, 9.17) is 5.73 Å². The summed E-state index contributed by atoms with van der Waals surface area (Å²) in [5.41, 5.74) is 6.54. The van der Waals surface area contributed by atoms with E-state index in [1.165, 1.54) is 17.0 Å². The van der Waals surface area contributed by atoms with Crippen molar-refractivity contribution >= 4 is 73.6 Å². The van der Waals surface area contributed by atoms with Gasteiger partial charge in [0.15, 0.2) is 12.0 Å². The van der Waals surface area contributed by atoms with Crippen LogP contribution in [0.1, 0.15) is 23.2 Å². The van der Waals surface area contributed by atoms with Crippen molar-refractivity contribution < 1.29 is 39.7 Å². The number of aliphatic carboxylic acids is 2. The Labute approximate surface area is 235 Å². The number of hydrogen-bond donors (Lipinski definition) is 6. The molecule has 15 nitrogen and oxygen atoms in total. The van der Waals surface area contributed by atoms with Gasteiger partial charge in [-0.1, -0.05) is 0 Å². The van der Waals surface area contributed by atoms with E-state index in [0.29, 0.717) is 24.5 Å². The molecule has 1 aromatic rings. The Balaban J connectivity index is 0.00000324. The van der Waals surface area contributed by atoms with E-state index in [1.54, 1.807) is 12.1 Å². The smallest absolute Gasteiger partial charge is 0.550 e. The SMILES string of the molecule is NC1NC(=O)C2=C(NCC(CNc3ccc(C(=O)N[C@@H](CCC(=O)[O-])C(=O)[O-])cc3)N2C=O)N1.O.[Ca+2]. The minimum atomic E-state index is -1.60. The minimum Gasteiger partial charge on any atom is -0.550 e. The number of amides is 3. The normalized spacial score (nSPS) is 19.0. The number of carboxylic acid groups (broad SMARTS) is 2. The molecule has 0 saturated carbocycles. The van der Waals surface area contributed by atoms with Gasteiger partial charge in [-0.25, -0.2) is 0 Å². The van der Waals surface area contributed by atoms with Gasteiger partial charge < -0.3 is 56.8 Å². The monoisotopic (exact) mass is 531 g/mol. The Bertz CT molecular complexity index is 1020. The maximum Gasteiger partial charge on any atom is 2.00 e. The van der Waals surface area contributed by atoms with Crippen LogP contribution in [0.2, 0.25) is 0 Å². The van der Waals surface area contributed by atoms with Crippen molar-refractivity contribution in [3.05, 3.63) is 41.3 Å². The van der Waals surface area contributed by atoms with E-state index in [-0.39, 0.29) is 67.4 Å². The summed E-state index contributed by atoms with van der Waals surface area (Å²) >= 11 is 0. The van der Waals surface area contributed by atoms with Gasteiger partial charge in [0.05, 0.1) is 18.1 Å². The number of carbonyl (C=O) groups excluding carboxylic acids is 5. The Morgan fingerprint density at radius 3 is 2.44 bits per heavy atom. The van der Waals surface area contributed by atoms with Crippen LogP contribution in [0.3, 0.4) is 0 Å². The van der Waals surface area contributed by atoms with Crippen LogP contribution in [0.4, 0.5) is 5.69 Å². The van der Waals surface area contributed by atoms with Crippen LogP contribution in [0.25, 0.3) is 0 Å². The molecular formula is C20H25CaN7O8. The topological polar surface area (TPSA) is 252 Å². The number of carboxylic acids is 2. The molecule has 2 aliphatic heterocycles. The molecule has 0 bridgehead atoms. The zero-order valence-corrected chi connectivity index (χ0v) is 21.2. The Kier molecular flexibility index (Phi) is 11.9. The summed E-state index contributed by atoms with van der Waals surface area (Å²) in [4.78, 5) is 59.2. The van der Waals surface area contributed by atoms with Crippen LogP contribution in [-0.2, 0) is 19.2 Å². The van der Waals surface area contributed by atoms with E-state index in [9.17, 15) is 34.2 Å². The third kappa shape index (κ3) is 7.69. The first kappa shape index (κ1) is 30.9. The number of benzene rings is 1. The quantitative estimate of drug-likeness (QED) is 0.122. The molecule has 2 aliphatic rings. The first-order chi connectivity index (χ1) is 16.2. The molecule has 190 valence electrons. The molecule has 1 aromatic carbocycles. The molecule has 3 rings (SSSR count). The fourth-order valence-electron chi connectivity index (χ4n) is 3.50. The molecule has 2 unspecified atom stereocenters. The molecule has 0 saturated heterocycles. The maximum absolute atomic E-state index is 12.3. The molecule has 3 amide bonds. The van der Waals surface area contributed by atoms with Crippen LogP contribution in [0.15, 0.2) is 35.8 Å². The summed E-state index contributed by atoms with van der Waals surface area (Å²) in [7, 11) is 0. The average Bonchev–Trinajstić information content (AvgIpc) is 2.79. The molecule has 9 N–H and O–H groups in total. The van der Waals surface area contributed by atoms with Gasteiger partial charge in [0.2, 0.25) is 6.41 Å². The Morgan fingerprint density at radius 1 is 1.19 bits per heavy atom. The van der Waals surface area contributed by atoms with Crippen LogP contribution in [0, 0.1) is 0 Å². The predicted molar refractivity (Wildman–Crippen MR) is 121 cm³/mol. The molecular weight excluding hydrogens is 506 g/mol. The summed E-state index contributed by atoms with van der Waals surface area (Å²) < 4.78 is 0. The zero-order valence-electron chi connectivity index (χ0n) is 19.0. The van der Waals surface area contributed by atoms with Gasteiger partial charge in [-0.15, -0.1) is 0 Å². The summed E-state index contributed by atoms with van der Waals surface area (Å²) in [5.74, 6) is -3.87. The van der Waals surface area contributed by atoms with Crippen molar-refractivity contribution in [1.29, 1.82) is 0 Å². The summed E-state index contributed by atoms with van der Waals surface area (Å²) in [6.45, 7) is 0.609. The second-order valence-corrected chi connectivity index (χ2v) is 7.58. The van der Waals surface area contributed by atoms with E-state index in [1.807, 2.05) is 0 Å². The number of hydrogen-bond acceptors (Lipinski definition) is 11. The van der Waals surface area contributed by atoms with Crippen LogP contribution in [0.5, 0.6) is 0 Å². The molecule has 0 fully saturated rings. The fourth-order valence-corrected chi connectivity index (χ4v) is 3.50. The number of carbonyl (C=O) groups is 5. The molecule has 0 aromatic heterocycles. The molecule has 2 heterocycles. The zero-order chi connectivity index (χ0) is 24.8. The number of nitrogens with zero attached hydrogens (tertiary/aromatic N) is 1. The largest absolute Gasteiger partial charge is 2.00 e. The van der Waals surface area contributed by atoms with Gasteiger partial charge in [0, 0.05) is 30.3 Å². The van der Waals surface area contributed by atoms with Crippen molar-refractivity contribution in [3.8, 4) is 0 Å². The third-order valence-electron chi connectivity index (χ3n) is 5.23. The van der Waals surface area contributed by atoms with Crippen LogP contribution < -0.4 is 42.5 Å². The van der Waals surface area contributed by atoms with Gasteiger partial charge in [-0.2, -0.15) is 0 Å². The summed E-state index contributed by atoms with van der Waals surface area (Å²) in [6, 6.07) is 4.15. The molecule has 16 heteroatoms. The van der Waals surface area contributed by atoms with Gasteiger partial charge in [0.1, 0.15) is 5.82 Å². The van der Waals surface area contributed by atoms with E-state index in [0.717, 1.165) is 0 Å². The fraction of sp³-hybridized carbons (Fsp3) is 0.350. The minimum absolute atomic E-state index is 0. The first-order valence-corrected chi connectivity index (χ1v) is 10.3. The van der Waals surface area contributed by atoms with Gasteiger partial charge in [0.25, 0.3) is 11.8 Å². The number of nitrogens with two attached hydrogens (primary N) is 1. The molecule has 0 aliphatic carbocycles. The predicted octanol–water partition coefficient (Wildman–Crippen LogP) is -6.17. The first-order valence-electron chi connectivity index (χ1n) is 10.3. The Morgan fingerprint density at radius 2 is 1.86 bits per heavy atom. The molecule has 3 atom stereocenters. The van der Waals surface area contributed by atoms with E-state index >= 15 is 0 Å². The second kappa shape index (κ2) is 13.8. The van der Waals surface area contributed by atoms with E-state index < -0.39 is 48.5 Å². The van der Waals surface area contributed by atoms with Crippen LogP contribution in [-0.4, -0.2) is 110 Å². The summed E-state index contributed by atoms with van der Waals surface area (Å²) in [5, 5.41) is 35.3. The molecule has 36 heavy (non-hydrogen) atoms.